The van der Waals surface area contributed by atoms with Gasteiger partial charge in [-0.3, -0.25) is 14.2 Å². The number of methoxy groups -OCH3 is 1. The van der Waals surface area contributed by atoms with Gasteiger partial charge in [-0.2, -0.15) is 0 Å². The zero-order chi connectivity index (χ0) is 22.5. The van der Waals surface area contributed by atoms with E-state index < -0.39 is 21.9 Å². The van der Waals surface area contributed by atoms with Gasteiger partial charge in [0.2, 0.25) is 10.0 Å². The van der Waals surface area contributed by atoms with Gasteiger partial charge in [-0.25, -0.2) is 22.0 Å². The van der Waals surface area contributed by atoms with E-state index in [4.69, 9.17) is 0 Å². The Morgan fingerprint density at radius 3 is 2.55 bits per heavy atom. The van der Waals surface area contributed by atoms with Crippen LogP contribution in [0.25, 0.3) is 0 Å². The minimum absolute atomic E-state index is 0.0183. The number of alkyl halides is 2. The number of carbonyl (C=O) groups is 1. The number of aromatic nitrogens is 1. The van der Waals surface area contributed by atoms with E-state index in [1.165, 1.54) is 23.7 Å². The van der Waals surface area contributed by atoms with Crippen LogP contribution in [0.3, 0.4) is 0 Å². The fourth-order valence-electron chi connectivity index (χ4n) is 3.43. The van der Waals surface area contributed by atoms with Gasteiger partial charge in [0.05, 0.1) is 42.9 Å². The lowest BCUT2D eigenvalue weighted by atomic mass is 10.2. The van der Waals surface area contributed by atoms with Crippen LogP contribution >= 0.6 is 0 Å². The van der Waals surface area contributed by atoms with Crippen molar-refractivity contribution >= 4 is 21.7 Å². The second-order valence-corrected chi connectivity index (χ2v) is 9.44. The van der Waals surface area contributed by atoms with Crippen molar-refractivity contribution in [1.82, 2.24) is 9.88 Å². The molecule has 1 aliphatic rings. The summed E-state index contributed by atoms with van der Waals surface area (Å²) in [7, 11) is -2.47. The van der Waals surface area contributed by atoms with E-state index in [1.807, 2.05) is 0 Å². The maximum absolute atomic E-state index is 13.3. The average molecular weight is 454 g/mol. The summed E-state index contributed by atoms with van der Waals surface area (Å²) in [5, 5.41) is 0. The molecule has 1 aliphatic heterocycles. The van der Waals surface area contributed by atoms with Gasteiger partial charge in [-0.05, 0) is 37.2 Å². The summed E-state index contributed by atoms with van der Waals surface area (Å²) in [6.45, 7) is 0.219. The zero-order valence-corrected chi connectivity index (χ0v) is 18.0. The van der Waals surface area contributed by atoms with Crippen LogP contribution in [0.5, 0.6) is 0 Å². The first kappa shape index (κ1) is 23.1. The van der Waals surface area contributed by atoms with Gasteiger partial charge in [0.25, 0.3) is 5.92 Å². The number of likely N-dealkylation sites (tertiary alicyclic amines) is 1. The molecule has 0 bridgehead atoms. The molecule has 7 nitrogen and oxygen atoms in total. The summed E-state index contributed by atoms with van der Waals surface area (Å²) < 4.78 is 58.8. The Balaban J connectivity index is 1.71. The number of rotatable bonds is 9. The van der Waals surface area contributed by atoms with Crippen molar-refractivity contribution in [3.8, 4) is 0 Å². The van der Waals surface area contributed by atoms with Crippen LogP contribution < -0.4 is 4.31 Å². The monoisotopic (exact) mass is 453 g/mol. The molecule has 0 atom stereocenters. The van der Waals surface area contributed by atoms with Crippen LogP contribution in [0.1, 0.15) is 28.9 Å². The molecule has 168 valence electrons. The molecule has 0 aliphatic carbocycles. The number of sulfonamides is 1. The number of nitrogens with zero attached hydrogens (tertiary/aromatic N) is 3. The summed E-state index contributed by atoms with van der Waals surface area (Å²) in [5.41, 5.74) is 1.20. The molecular formula is C21H25F2N3O4S. The van der Waals surface area contributed by atoms with Gasteiger partial charge in [0.15, 0.2) is 0 Å². The van der Waals surface area contributed by atoms with Gasteiger partial charge in [0.1, 0.15) is 0 Å². The molecule has 1 aromatic carbocycles. The quantitative estimate of drug-likeness (QED) is 0.543. The summed E-state index contributed by atoms with van der Waals surface area (Å²) in [6, 6.07) is 11.7. The Morgan fingerprint density at radius 2 is 1.97 bits per heavy atom. The van der Waals surface area contributed by atoms with Crippen LogP contribution in [0.2, 0.25) is 0 Å². The Labute approximate surface area is 180 Å². The highest BCUT2D eigenvalue weighted by Crippen LogP contribution is 2.27. The smallest absolute Gasteiger partial charge is 0.339 e. The first-order chi connectivity index (χ1) is 14.7. The van der Waals surface area contributed by atoms with E-state index >= 15 is 0 Å². The third kappa shape index (κ3) is 6.20. The fourth-order valence-corrected chi connectivity index (χ4v) is 4.91. The van der Waals surface area contributed by atoms with Gasteiger partial charge < -0.3 is 4.74 Å². The molecule has 31 heavy (non-hydrogen) atoms. The van der Waals surface area contributed by atoms with E-state index in [1.54, 1.807) is 41.3 Å². The zero-order valence-electron chi connectivity index (χ0n) is 17.2. The average Bonchev–Trinajstić information content (AvgIpc) is 3.10. The second-order valence-electron chi connectivity index (χ2n) is 7.42. The lowest BCUT2D eigenvalue weighted by molar-refractivity contribution is 0.0123. The number of carbonyl (C=O) groups excluding carboxylic acids is 1. The predicted molar refractivity (Wildman–Crippen MR) is 113 cm³/mol. The standard InChI is InChI=1S/C21H25F2N3O4S/c1-30-20(27)17-8-9-18(24-14-17)15-26(19-6-3-2-4-7-19)31(28,29)13-5-11-25-12-10-21(22,23)16-25/h2-4,6-9,14H,5,10-13,15-16H2,1H3. The van der Waals surface area contributed by atoms with Crippen molar-refractivity contribution in [3.63, 3.8) is 0 Å². The molecule has 1 fully saturated rings. The largest absolute Gasteiger partial charge is 0.465 e. The molecule has 0 spiro atoms. The fraction of sp³-hybridized carbons (Fsp3) is 0.429. The molecule has 0 amide bonds. The number of ether oxygens (including phenoxy) is 1. The molecule has 2 aromatic rings. The van der Waals surface area contributed by atoms with Crippen LogP contribution in [0.4, 0.5) is 14.5 Å². The number of benzene rings is 1. The van der Waals surface area contributed by atoms with Gasteiger partial charge in [-0.1, -0.05) is 18.2 Å². The molecule has 1 saturated heterocycles. The number of hydrogen-bond donors (Lipinski definition) is 0. The first-order valence-corrected chi connectivity index (χ1v) is 11.5. The summed E-state index contributed by atoms with van der Waals surface area (Å²) in [6.07, 6.45) is 1.39. The third-order valence-electron chi connectivity index (χ3n) is 5.06. The number of para-hydroxylation sites is 1. The van der Waals surface area contributed by atoms with Gasteiger partial charge in [-0.15, -0.1) is 0 Å². The SMILES string of the molecule is COC(=O)c1ccc(CN(c2ccccc2)S(=O)(=O)CCCN2CCC(F)(F)C2)nc1. The van der Waals surface area contributed by atoms with E-state index in [2.05, 4.69) is 9.72 Å². The van der Waals surface area contributed by atoms with Crippen molar-refractivity contribution in [2.45, 2.75) is 25.3 Å². The second kappa shape index (κ2) is 9.69. The summed E-state index contributed by atoms with van der Waals surface area (Å²) in [5.74, 6) is -3.40. The van der Waals surface area contributed by atoms with Crippen LogP contribution in [-0.2, 0) is 21.3 Å². The molecule has 1 aromatic heterocycles. The van der Waals surface area contributed by atoms with Gasteiger partial charge in [0, 0.05) is 19.2 Å². The maximum Gasteiger partial charge on any atom is 0.339 e. The minimum Gasteiger partial charge on any atom is -0.465 e. The lowest BCUT2D eigenvalue weighted by Crippen LogP contribution is -2.34. The van der Waals surface area contributed by atoms with E-state index in [9.17, 15) is 22.0 Å². The number of anilines is 1. The van der Waals surface area contributed by atoms with Gasteiger partial charge >= 0.3 is 5.97 Å². The molecule has 2 heterocycles. The van der Waals surface area contributed by atoms with Crippen LogP contribution in [-0.4, -0.2) is 62.7 Å². The van der Waals surface area contributed by atoms with Crippen molar-refractivity contribution in [1.29, 1.82) is 0 Å². The highest BCUT2D eigenvalue weighted by Gasteiger charge is 2.37. The van der Waals surface area contributed by atoms with Crippen molar-refractivity contribution in [2.24, 2.45) is 0 Å². The van der Waals surface area contributed by atoms with Crippen LogP contribution in [0.15, 0.2) is 48.7 Å². The summed E-state index contributed by atoms with van der Waals surface area (Å²) in [4.78, 5) is 17.4. The Bertz CT molecular complexity index is 985. The molecule has 0 unspecified atom stereocenters. The molecule has 10 heteroatoms. The van der Waals surface area contributed by atoms with Crippen molar-refractivity contribution in [2.75, 3.05) is 36.8 Å². The predicted octanol–water partition coefficient (Wildman–Crippen LogP) is 2.94. The highest BCUT2D eigenvalue weighted by atomic mass is 32.2. The highest BCUT2D eigenvalue weighted by molar-refractivity contribution is 7.92. The first-order valence-electron chi connectivity index (χ1n) is 9.89. The number of pyridine rings is 1. The van der Waals surface area contributed by atoms with E-state index in [-0.39, 0.29) is 43.8 Å². The Kier molecular flexibility index (Phi) is 7.22. The van der Waals surface area contributed by atoms with Crippen molar-refractivity contribution in [3.05, 3.63) is 59.9 Å². The normalized spacial score (nSPS) is 16.2. The lowest BCUT2D eigenvalue weighted by Gasteiger charge is -2.25. The topological polar surface area (TPSA) is 79.8 Å². The van der Waals surface area contributed by atoms with Crippen molar-refractivity contribution < 1.29 is 26.7 Å². The van der Waals surface area contributed by atoms with E-state index in [0.29, 0.717) is 17.9 Å². The number of hydrogen-bond acceptors (Lipinski definition) is 6. The van der Waals surface area contributed by atoms with E-state index in [0.717, 1.165) is 0 Å². The molecular weight excluding hydrogens is 428 g/mol. The third-order valence-corrected chi connectivity index (χ3v) is 6.87. The Morgan fingerprint density at radius 1 is 1.23 bits per heavy atom. The molecule has 0 N–H and O–H groups in total. The molecule has 0 radical (unpaired) electrons. The van der Waals surface area contributed by atoms with Crippen LogP contribution in [0, 0.1) is 0 Å². The molecule has 0 saturated carbocycles. The molecule has 3 rings (SSSR count). The Hall–Kier alpha value is -2.59. The number of esters is 1. The number of halogens is 2. The maximum atomic E-state index is 13.3. The summed E-state index contributed by atoms with van der Waals surface area (Å²) >= 11 is 0. The minimum atomic E-state index is -3.74.